The minimum Gasteiger partial charge on any atom is -0.313 e. The number of likely N-dealkylation sites (N-methyl/N-ethyl adjacent to an activating group) is 1. The van der Waals surface area contributed by atoms with Crippen LogP contribution in [-0.4, -0.2) is 25.2 Å². The van der Waals surface area contributed by atoms with Gasteiger partial charge in [0.2, 0.25) is 0 Å². The molecule has 0 aliphatic carbocycles. The summed E-state index contributed by atoms with van der Waals surface area (Å²) >= 11 is 0. The van der Waals surface area contributed by atoms with Gasteiger partial charge in [-0.25, -0.2) is 0 Å². The van der Waals surface area contributed by atoms with Gasteiger partial charge in [0.1, 0.15) is 0 Å². The van der Waals surface area contributed by atoms with Crippen molar-refractivity contribution in [1.82, 2.24) is 10.6 Å². The molecule has 2 heteroatoms. The lowest BCUT2D eigenvalue weighted by atomic mass is 9.77. The summed E-state index contributed by atoms with van der Waals surface area (Å²) in [5, 5.41) is 7.30. The summed E-state index contributed by atoms with van der Waals surface area (Å²) in [7, 11) is 2.13. The van der Waals surface area contributed by atoms with Crippen molar-refractivity contribution < 1.29 is 0 Å². The van der Waals surface area contributed by atoms with Gasteiger partial charge in [0, 0.05) is 18.1 Å². The van der Waals surface area contributed by atoms with Crippen molar-refractivity contribution in [2.75, 3.05) is 13.6 Å². The smallest absolute Gasteiger partial charge is 0.0304 e. The Hall–Kier alpha value is -0.0800. The highest BCUT2D eigenvalue weighted by atomic mass is 15.0. The van der Waals surface area contributed by atoms with E-state index >= 15 is 0 Å². The Kier molecular flexibility index (Phi) is 7.76. The van der Waals surface area contributed by atoms with Gasteiger partial charge >= 0.3 is 0 Å². The van der Waals surface area contributed by atoms with Crippen LogP contribution in [0.5, 0.6) is 0 Å². The van der Waals surface area contributed by atoms with Crippen molar-refractivity contribution in [2.45, 2.75) is 92.7 Å². The van der Waals surface area contributed by atoms with E-state index < -0.39 is 0 Å². The first-order valence-electron chi connectivity index (χ1n) is 8.31. The van der Waals surface area contributed by atoms with Crippen LogP contribution in [0.4, 0.5) is 0 Å². The summed E-state index contributed by atoms with van der Waals surface area (Å²) in [4.78, 5) is 0. The molecule has 0 aromatic heterocycles. The van der Waals surface area contributed by atoms with Gasteiger partial charge < -0.3 is 10.6 Å². The second-order valence-electron chi connectivity index (χ2n) is 9.19. The van der Waals surface area contributed by atoms with Gasteiger partial charge in [0.25, 0.3) is 0 Å². The van der Waals surface area contributed by atoms with Crippen LogP contribution in [0.15, 0.2) is 0 Å². The molecule has 2 N–H and O–H groups in total. The van der Waals surface area contributed by atoms with E-state index in [4.69, 9.17) is 0 Å². The highest BCUT2D eigenvalue weighted by molar-refractivity contribution is 4.92. The lowest BCUT2D eigenvalue weighted by molar-refractivity contribution is 0.203. The third kappa shape index (κ3) is 9.77. The van der Waals surface area contributed by atoms with E-state index in [0.29, 0.717) is 16.9 Å². The van der Waals surface area contributed by atoms with E-state index in [1.54, 1.807) is 0 Å². The third-order valence-electron chi connectivity index (χ3n) is 4.09. The molecule has 0 saturated heterocycles. The fourth-order valence-electron chi connectivity index (χ4n) is 2.27. The molecular formula is C18H40N2. The van der Waals surface area contributed by atoms with Gasteiger partial charge in [-0.2, -0.15) is 0 Å². The third-order valence-corrected chi connectivity index (χ3v) is 4.09. The predicted octanol–water partition coefficient (Wildman–Crippen LogP) is 4.60. The van der Waals surface area contributed by atoms with E-state index in [1.165, 1.54) is 25.7 Å². The lowest BCUT2D eigenvalue weighted by Gasteiger charge is -2.39. The fraction of sp³-hybridized carbons (Fsp3) is 1.00. The second kappa shape index (κ2) is 7.79. The largest absolute Gasteiger partial charge is 0.313 e. The molecule has 0 aliphatic heterocycles. The van der Waals surface area contributed by atoms with Crippen LogP contribution < -0.4 is 10.6 Å². The van der Waals surface area contributed by atoms with E-state index in [-0.39, 0.29) is 5.54 Å². The van der Waals surface area contributed by atoms with Crippen molar-refractivity contribution >= 4 is 0 Å². The zero-order valence-electron chi connectivity index (χ0n) is 15.6. The maximum absolute atomic E-state index is 3.65. The molecule has 0 aromatic carbocycles. The molecule has 0 atom stereocenters. The maximum Gasteiger partial charge on any atom is 0.0304 e. The summed E-state index contributed by atoms with van der Waals surface area (Å²) in [6.07, 6.45) is 5.00. The average molecular weight is 285 g/mol. The highest BCUT2D eigenvalue weighted by Crippen LogP contribution is 2.31. The Morgan fingerprint density at radius 2 is 1.15 bits per heavy atom. The van der Waals surface area contributed by atoms with Gasteiger partial charge in [0.05, 0.1) is 0 Å². The van der Waals surface area contributed by atoms with Crippen LogP contribution in [0.2, 0.25) is 0 Å². The molecule has 0 rings (SSSR count). The molecule has 0 saturated carbocycles. The Bertz CT molecular complexity index is 238. The van der Waals surface area contributed by atoms with Gasteiger partial charge in [-0.1, -0.05) is 55.4 Å². The normalized spacial score (nSPS) is 14.1. The number of hydrogen-bond donors (Lipinski definition) is 2. The first-order valence-corrected chi connectivity index (χ1v) is 8.31. The molecule has 0 radical (unpaired) electrons. The van der Waals surface area contributed by atoms with Gasteiger partial charge in [0.15, 0.2) is 0 Å². The molecule has 0 aliphatic rings. The summed E-state index contributed by atoms with van der Waals surface area (Å²) < 4.78 is 0. The predicted molar refractivity (Wildman–Crippen MR) is 92.3 cm³/mol. The average Bonchev–Trinajstić information content (AvgIpc) is 2.26. The Labute approximate surface area is 128 Å². The number of rotatable bonds is 8. The quantitative estimate of drug-likeness (QED) is 0.681. The molecule has 0 unspecified atom stereocenters. The Balaban J connectivity index is 4.77. The molecule has 0 aromatic rings. The van der Waals surface area contributed by atoms with Crippen molar-refractivity contribution in [3.63, 3.8) is 0 Å². The monoisotopic (exact) mass is 284 g/mol. The standard InChI is InChI=1S/C18H40N2/c1-15(2)20-14-18(19-9,12-10-16(3,4)5)13-11-17(6,7)8/h15,19-20H,10-14H2,1-9H3. The van der Waals surface area contributed by atoms with E-state index in [0.717, 1.165) is 6.54 Å². The van der Waals surface area contributed by atoms with Gasteiger partial charge in [-0.05, 0) is 43.6 Å². The minimum absolute atomic E-state index is 0.227. The lowest BCUT2D eigenvalue weighted by Crippen LogP contribution is -2.53. The first-order chi connectivity index (χ1) is 8.89. The van der Waals surface area contributed by atoms with E-state index in [1.807, 2.05) is 0 Å². The van der Waals surface area contributed by atoms with Crippen molar-refractivity contribution in [2.24, 2.45) is 10.8 Å². The van der Waals surface area contributed by atoms with Crippen molar-refractivity contribution in [3.8, 4) is 0 Å². The summed E-state index contributed by atoms with van der Waals surface area (Å²) in [6, 6.07) is 0.548. The molecule has 0 amide bonds. The molecule has 2 nitrogen and oxygen atoms in total. The molecule has 0 spiro atoms. The SMILES string of the molecule is CNC(CCC(C)(C)C)(CCC(C)(C)C)CNC(C)C. The van der Waals surface area contributed by atoms with Crippen LogP contribution in [0.25, 0.3) is 0 Å². The molecule has 122 valence electrons. The van der Waals surface area contributed by atoms with Crippen LogP contribution in [0, 0.1) is 10.8 Å². The zero-order chi connectivity index (χ0) is 16.0. The summed E-state index contributed by atoms with van der Waals surface area (Å²) in [5.74, 6) is 0. The maximum atomic E-state index is 3.65. The highest BCUT2D eigenvalue weighted by Gasteiger charge is 2.31. The zero-order valence-corrected chi connectivity index (χ0v) is 15.6. The van der Waals surface area contributed by atoms with Crippen LogP contribution >= 0.6 is 0 Å². The molecule has 20 heavy (non-hydrogen) atoms. The van der Waals surface area contributed by atoms with Crippen molar-refractivity contribution in [3.05, 3.63) is 0 Å². The molecule has 0 bridgehead atoms. The Morgan fingerprint density at radius 3 is 1.40 bits per heavy atom. The van der Waals surface area contributed by atoms with Crippen LogP contribution in [0.1, 0.15) is 81.1 Å². The first kappa shape index (κ1) is 19.9. The van der Waals surface area contributed by atoms with E-state index in [2.05, 4.69) is 73.1 Å². The topological polar surface area (TPSA) is 24.1 Å². The summed E-state index contributed by atoms with van der Waals surface area (Å²) in [5.41, 5.74) is 1.04. The van der Waals surface area contributed by atoms with E-state index in [9.17, 15) is 0 Å². The minimum atomic E-state index is 0.227. The van der Waals surface area contributed by atoms with Crippen LogP contribution in [0.3, 0.4) is 0 Å². The Morgan fingerprint density at radius 1 is 0.750 bits per heavy atom. The number of hydrogen-bond acceptors (Lipinski definition) is 2. The molecular weight excluding hydrogens is 244 g/mol. The second-order valence-corrected chi connectivity index (χ2v) is 9.19. The van der Waals surface area contributed by atoms with Gasteiger partial charge in [-0.3, -0.25) is 0 Å². The molecule has 0 heterocycles. The van der Waals surface area contributed by atoms with Crippen LogP contribution in [-0.2, 0) is 0 Å². The molecule has 0 fully saturated rings. The fourth-order valence-corrected chi connectivity index (χ4v) is 2.27. The van der Waals surface area contributed by atoms with Crippen molar-refractivity contribution in [1.29, 1.82) is 0 Å². The number of nitrogens with one attached hydrogen (secondary N) is 2. The van der Waals surface area contributed by atoms with Gasteiger partial charge in [-0.15, -0.1) is 0 Å². The summed E-state index contributed by atoms with van der Waals surface area (Å²) in [6.45, 7) is 19.6.